The topological polar surface area (TPSA) is 38.7 Å². The first-order valence-electron chi connectivity index (χ1n) is 19.0. The molecule has 2 atom stereocenters. The smallest absolute Gasteiger partial charge is 0.164 e. The minimum absolute atomic E-state index is 0.0366. The maximum absolute atomic E-state index is 5.35. The Labute approximate surface area is 321 Å². The first-order valence-corrected chi connectivity index (χ1v) is 19.0. The van der Waals surface area contributed by atoms with Crippen molar-refractivity contribution in [3.05, 3.63) is 206 Å². The first-order chi connectivity index (χ1) is 27.2. The highest BCUT2D eigenvalue weighted by Crippen LogP contribution is 2.40. The van der Waals surface area contributed by atoms with Crippen LogP contribution in [0.2, 0.25) is 0 Å². The molecule has 3 nitrogen and oxygen atoms in total. The van der Waals surface area contributed by atoms with Crippen LogP contribution in [-0.4, -0.2) is 15.0 Å². The second-order valence-electron chi connectivity index (χ2n) is 14.4. The van der Waals surface area contributed by atoms with E-state index < -0.39 is 0 Å². The van der Waals surface area contributed by atoms with E-state index in [1.807, 2.05) is 6.07 Å². The monoisotopic (exact) mass is 703 g/mol. The van der Waals surface area contributed by atoms with Gasteiger partial charge in [0.25, 0.3) is 0 Å². The molecule has 0 fully saturated rings. The highest BCUT2D eigenvalue weighted by molar-refractivity contribution is 6.25. The summed E-state index contributed by atoms with van der Waals surface area (Å²) in [6.45, 7) is 2.25. The maximum atomic E-state index is 5.35. The van der Waals surface area contributed by atoms with E-state index in [4.69, 9.17) is 15.0 Å². The summed E-state index contributed by atoms with van der Waals surface area (Å²) in [4.78, 5) is 15.9. The Morgan fingerprint density at radius 3 is 1.64 bits per heavy atom. The molecule has 10 rings (SSSR count). The Morgan fingerprint density at radius 1 is 0.382 bits per heavy atom. The van der Waals surface area contributed by atoms with Crippen LogP contribution in [0.3, 0.4) is 0 Å². The molecule has 8 aromatic carbocycles. The van der Waals surface area contributed by atoms with Crippen LogP contribution in [-0.2, 0) is 0 Å². The van der Waals surface area contributed by atoms with E-state index in [0.717, 1.165) is 39.2 Å². The molecule has 1 heterocycles. The Bertz CT molecular complexity index is 2910. The third-order valence-electron chi connectivity index (χ3n) is 11.0. The molecule has 2 unspecified atom stereocenters. The summed E-state index contributed by atoms with van der Waals surface area (Å²) in [5.74, 6) is 2.26. The van der Waals surface area contributed by atoms with Gasteiger partial charge in [-0.1, -0.05) is 189 Å². The van der Waals surface area contributed by atoms with E-state index >= 15 is 0 Å². The van der Waals surface area contributed by atoms with Crippen LogP contribution in [0.5, 0.6) is 0 Å². The van der Waals surface area contributed by atoms with Gasteiger partial charge < -0.3 is 0 Å². The molecule has 0 bridgehead atoms. The highest BCUT2D eigenvalue weighted by Gasteiger charge is 2.25. The van der Waals surface area contributed by atoms with Crippen molar-refractivity contribution >= 4 is 37.9 Å². The molecule has 0 amide bonds. The molecule has 0 saturated carbocycles. The number of nitrogens with zero attached hydrogens (tertiary/aromatic N) is 3. The van der Waals surface area contributed by atoms with E-state index in [1.54, 1.807) is 0 Å². The molecule has 1 aliphatic rings. The third kappa shape index (κ3) is 6.00. The lowest BCUT2D eigenvalue weighted by Gasteiger charge is -2.23. The molecule has 0 saturated heterocycles. The van der Waals surface area contributed by atoms with Crippen molar-refractivity contribution in [2.75, 3.05) is 0 Å². The van der Waals surface area contributed by atoms with Gasteiger partial charge in [0, 0.05) is 17.0 Å². The van der Waals surface area contributed by atoms with Gasteiger partial charge in [-0.25, -0.2) is 15.0 Å². The van der Waals surface area contributed by atoms with Crippen molar-refractivity contribution in [3.63, 3.8) is 0 Å². The van der Waals surface area contributed by atoms with Crippen LogP contribution in [0, 0.1) is 5.92 Å². The van der Waals surface area contributed by atoms with Gasteiger partial charge in [-0.3, -0.25) is 0 Å². The van der Waals surface area contributed by atoms with Gasteiger partial charge in [0.05, 0.1) is 0 Å². The molecular formula is C52H37N3. The van der Waals surface area contributed by atoms with E-state index in [-0.39, 0.29) is 11.8 Å². The lowest BCUT2D eigenvalue weighted by atomic mass is 9.84. The minimum atomic E-state index is -0.0366. The van der Waals surface area contributed by atoms with Gasteiger partial charge in [0.15, 0.2) is 11.6 Å². The Morgan fingerprint density at radius 2 is 0.927 bits per heavy atom. The zero-order chi connectivity index (χ0) is 36.7. The van der Waals surface area contributed by atoms with Crippen LogP contribution in [0.1, 0.15) is 24.2 Å². The number of fused-ring (bicyclic) bond motifs is 6. The van der Waals surface area contributed by atoms with Crippen LogP contribution >= 0.6 is 0 Å². The fraction of sp³-hybridized carbons (Fsp3) is 0.0577. The number of rotatable bonds is 6. The Balaban J connectivity index is 1.17. The Kier molecular flexibility index (Phi) is 8.18. The van der Waals surface area contributed by atoms with Gasteiger partial charge >= 0.3 is 0 Å². The minimum Gasteiger partial charge on any atom is -0.212 e. The van der Waals surface area contributed by atoms with Crippen molar-refractivity contribution in [1.82, 2.24) is 15.0 Å². The van der Waals surface area contributed by atoms with E-state index in [0.29, 0.717) is 11.6 Å². The number of allylic oxidation sites excluding steroid dienone is 4. The molecule has 9 aromatic rings. The Hall–Kier alpha value is -6.97. The largest absolute Gasteiger partial charge is 0.212 e. The summed E-state index contributed by atoms with van der Waals surface area (Å²) in [6, 6.07) is 62.4. The zero-order valence-corrected chi connectivity index (χ0v) is 30.5. The van der Waals surface area contributed by atoms with Gasteiger partial charge in [-0.2, -0.15) is 0 Å². The molecule has 0 spiro atoms. The van der Waals surface area contributed by atoms with Crippen molar-refractivity contribution in [2.45, 2.75) is 12.8 Å². The number of benzene rings is 8. The second-order valence-corrected chi connectivity index (χ2v) is 14.4. The molecule has 0 N–H and O–H groups in total. The summed E-state index contributed by atoms with van der Waals surface area (Å²) in [7, 11) is 0. The lowest BCUT2D eigenvalue weighted by molar-refractivity contribution is 0.602. The number of hydrogen-bond acceptors (Lipinski definition) is 3. The standard InChI is InChI=1S/C52H37N3/c1-34-27-28-38(36-17-6-3-7-18-36)32-48(34)52-54-50(40-20-14-19-37(31-40)35-15-4-2-5-16-35)53-51(55-52)47-26-13-8-21-41(47)39-29-30-46-44-24-10-9-22-42(44)43-23-11-12-25-45(43)49(46)33-39/h2-34,48H,1H3. The van der Waals surface area contributed by atoms with Crippen LogP contribution in [0.25, 0.3) is 82.9 Å². The van der Waals surface area contributed by atoms with Gasteiger partial charge in [-0.05, 0) is 83.8 Å². The van der Waals surface area contributed by atoms with Crippen molar-refractivity contribution in [2.24, 2.45) is 5.92 Å². The van der Waals surface area contributed by atoms with Crippen molar-refractivity contribution < 1.29 is 0 Å². The number of hydrogen-bond donors (Lipinski definition) is 0. The molecule has 55 heavy (non-hydrogen) atoms. The molecule has 3 heteroatoms. The first kappa shape index (κ1) is 32.7. The fourth-order valence-electron chi connectivity index (χ4n) is 8.17. The average Bonchev–Trinajstić information content (AvgIpc) is 3.27. The second kappa shape index (κ2) is 13.8. The van der Waals surface area contributed by atoms with Crippen molar-refractivity contribution in [1.29, 1.82) is 0 Å². The van der Waals surface area contributed by atoms with Gasteiger partial charge in [0.1, 0.15) is 5.82 Å². The van der Waals surface area contributed by atoms with Crippen LogP contribution in [0.15, 0.2) is 194 Å². The molecule has 0 radical (unpaired) electrons. The predicted molar refractivity (Wildman–Crippen MR) is 230 cm³/mol. The van der Waals surface area contributed by atoms with E-state index in [2.05, 4.69) is 195 Å². The van der Waals surface area contributed by atoms with E-state index in [9.17, 15) is 0 Å². The quantitative estimate of drug-likeness (QED) is 0.162. The zero-order valence-electron chi connectivity index (χ0n) is 30.5. The van der Waals surface area contributed by atoms with Gasteiger partial charge in [0.2, 0.25) is 0 Å². The predicted octanol–water partition coefficient (Wildman–Crippen LogP) is 13.4. The SMILES string of the molecule is CC1C=CC(c2ccccc2)=CC1c1nc(-c2cccc(-c3ccccc3)c2)nc(-c2ccccc2-c2ccc3c4ccccc4c4ccccc4c3c2)n1. The third-order valence-corrected chi connectivity index (χ3v) is 11.0. The molecule has 1 aliphatic carbocycles. The molecule has 0 aliphatic heterocycles. The molecular weight excluding hydrogens is 667 g/mol. The average molecular weight is 704 g/mol. The summed E-state index contributed by atoms with van der Waals surface area (Å²) in [5.41, 5.74) is 8.78. The van der Waals surface area contributed by atoms with Crippen molar-refractivity contribution in [3.8, 4) is 45.0 Å². The molecule has 1 aromatic heterocycles. The normalized spacial score (nSPS) is 15.4. The van der Waals surface area contributed by atoms with Crippen LogP contribution < -0.4 is 0 Å². The summed E-state index contributed by atoms with van der Waals surface area (Å²) >= 11 is 0. The maximum Gasteiger partial charge on any atom is 0.164 e. The van der Waals surface area contributed by atoms with E-state index in [1.165, 1.54) is 43.5 Å². The fourth-order valence-corrected chi connectivity index (χ4v) is 8.17. The molecule has 260 valence electrons. The van der Waals surface area contributed by atoms with Gasteiger partial charge in [-0.15, -0.1) is 0 Å². The number of aromatic nitrogens is 3. The van der Waals surface area contributed by atoms with Crippen LogP contribution in [0.4, 0.5) is 0 Å². The summed E-state index contributed by atoms with van der Waals surface area (Å²) in [6.07, 6.45) is 6.84. The summed E-state index contributed by atoms with van der Waals surface area (Å²) in [5, 5.41) is 7.53. The lowest BCUT2D eigenvalue weighted by Crippen LogP contribution is -2.15. The highest BCUT2D eigenvalue weighted by atomic mass is 15.0. The summed E-state index contributed by atoms with van der Waals surface area (Å²) < 4.78 is 0.